The maximum Gasteiger partial charge on any atom is 0.0695 e. The Balaban J connectivity index is 1.77. The van der Waals surface area contributed by atoms with Crippen LogP contribution in [0, 0.1) is 12.3 Å². The number of nitrogens with zero attached hydrogens (tertiary/aromatic N) is 2. The topological polar surface area (TPSA) is 57.9 Å². The van der Waals surface area contributed by atoms with Crippen LogP contribution < -0.4 is 5.73 Å². The summed E-state index contributed by atoms with van der Waals surface area (Å²) in [5.74, 6) is 0. The Kier molecular flexibility index (Phi) is 4.06. The summed E-state index contributed by atoms with van der Waals surface area (Å²) in [5.41, 5.74) is 11.3. The summed E-state index contributed by atoms with van der Waals surface area (Å²) in [4.78, 5) is 2.49. The van der Waals surface area contributed by atoms with Crippen LogP contribution in [0.25, 0.3) is 11.3 Å². The summed E-state index contributed by atoms with van der Waals surface area (Å²) in [5, 5.41) is 7.42. The van der Waals surface area contributed by atoms with Crippen molar-refractivity contribution in [3.05, 3.63) is 41.6 Å². The molecule has 1 fully saturated rings. The minimum Gasteiger partial charge on any atom is -0.327 e. The lowest BCUT2D eigenvalue weighted by molar-refractivity contribution is 0.0900. The molecule has 0 spiro atoms. The van der Waals surface area contributed by atoms with Crippen molar-refractivity contribution in [1.82, 2.24) is 15.1 Å². The maximum atomic E-state index is 6.24. The van der Waals surface area contributed by atoms with Crippen LogP contribution in [0.2, 0.25) is 0 Å². The first kappa shape index (κ1) is 15.3. The second-order valence-electron chi connectivity index (χ2n) is 7.23. The summed E-state index contributed by atoms with van der Waals surface area (Å²) in [7, 11) is 0. The van der Waals surface area contributed by atoms with Gasteiger partial charge in [0.2, 0.25) is 0 Å². The minimum atomic E-state index is 0.173. The molecule has 1 aliphatic heterocycles. The molecule has 3 N–H and O–H groups in total. The van der Waals surface area contributed by atoms with E-state index >= 15 is 0 Å². The standard InChI is InChI=1S/C18H26N4/c1-13-4-6-14(7-5-13)17-15(10-20-21-17)11-22-9-8-16(19)18(2,3)12-22/h4-7,10,16H,8-9,11-12,19H2,1-3H3,(H,20,21). The lowest BCUT2D eigenvalue weighted by Crippen LogP contribution is -2.52. The van der Waals surface area contributed by atoms with Gasteiger partial charge < -0.3 is 5.73 Å². The molecule has 22 heavy (non-hydrogen) atoms. The second-order valence-corrected chi connectivity index (χ2v) is 7.23. The Morgan fingerprint density at radius 2 is 2.05 bits per heavy atom. The highest BCUT2D eigenvalue weighted by molar-refractivity contribution is 5.62. The van der Waals surface area contributed by atoms with E-state index in [0.29, 0.717) is 6.04 Å². The molecule has 2 aromatic rings. The molecule has 1 aromatic carbocycles. The van der Waals surface area contributed by atoms with Crippen molar-refractivity contribution in [3.63, 3.8) is 0 Å². The number of rotatable bonds is 3. The molecule has 0 amide bonds. The van der Waals surface area contributed by atoms with E-state index in [0.717, 1.165) is 31.7 Å². The molecule has 3 rings (SSSR count). The number of aryl methyl sites for hydroxylation is 1. The molecule has 2 heterocycles. The highest BCUT2D eigenvalue weighted by Crippen LogP contribution is 2.30. The number of likely N-dealkylation sites (tertiary alicyclic amines) is 1. The van der Waals surface area contributed by atoms with Crippen molar-refractivity contribution in [2.24, 2.45) is 11.1 Å². The predicted octanol–water partition coefficient (Wildman–Crippen LogP) is 2.94. The highest BCUT2D eigenvalue weighted by atomic mass is 15.2. The van der Waals surface area contributed by atoms with Crippen LogP contribution in [0.5, 0.6) is 0 Å². The van der Waals surface area contributed by atoms with E-state index < -0.39 is 0 Å². The Labute approximate surface area is 132 Å². The van der Waals surface area contributed by atoms with Gasteiger partial charge in [-0.1, -0.05) is 43.7 Å². The Hall–Kier alpha value is -1.65. The van der Waals surface area contributed by atoms with Crippen LogP contribution in [0.3, 0.4) is 0 Å². The number of hydrogen-bond acceptors (Lipinski definition) is 3. The van der Waals surface area contributed by atoms with Crippen molar-refractivity contribution in [2.45, 2.75) is 39.8 Å². The largest absolute Gasteiger partial charge is 0.327 e. The minimum absolute atomic E-state index is 0.173. The molecule has 118 valence electrons. The average Bonchev–Trinajstić information content (AvgIpc) is 2.92. The quantitative estimate of drug-likeness (QED) is 0.916. The van der Waals surface area contributed by atoms with Crippen LogP contribution in [-0.4, -0.2) is 34.2 Å². The third-order valence-electron chi connectivity index (χ3n) is 4.84. The number of hydrogen-bond donors (Lipinski definition) is 2. The highest BCUT2D eigenvalue weighted by Gasteiger charge is 2.33. The predicted molar refractivity (Wildman–Crippen MR) is 90.4 cm³/mol. The lowest BCUT2D eigenvalue weighted by atomic mass is 9.79. The summed E-state index contributed by atoms with van der Waals surface area (Å²) in [6.45, 7) is 9.66. The molecule has 1 saturated heterocycles. The maximum absolute atomic E-state index is 6.24. The number of H-pyrrole nitrogens is 1. The van der Waals surface area contributed by atoms with E-state index in [1.807, 2.05) is 6.20 Å². The number of benzene rings is 1. The molecular weight excluding hydrogens is 272 g/mol. The van der Waals surface area contributed by atoms with E-state index in [-0.39, 0.29) is 5.41 Å². The van der Waals surface area contributed by atoms with E-state index in [2.05, 4.69) is 60.1 Å². The molecule has 0 aliphatic carbocycles. The van der Waals surface area contributed by atoms with Crippen LogP contribution in [0.1, 0.15) is 31.4 Å². The van der Waals surface area contributed by atoms with E-state index in [1.165, 1.54) is 16.7 Å². The van der Waals surface area contributed by atoms with Gasteiger partial charge in [-0.15, -0.1) is 0 Å². The lowest BCUT2D eigenvalue weighted by Gasteiger charge is -2.42. The van der Waals surface area contributed by atoms with Crippen molar-refractivity contribution < 1.29 is 0 Å². The molecule has 1 atom stereocenters. The summed E-state index contributed by atoms with van der Waals surface area (Å²) >= 11 is 0. The zero-order valence-corrected chi connectivity index (χ0v) is 13.8. The van der Waals surface area contributed by atoms with Gasteiger partial charge in [0, 0.05) is 31.2 Å². The summed E-state index contributed by atoms with van der Waals surface area (Å²) in [6, 6.07) is 8.89. The van der Waals surface area contributed by atoms with Gasteiger partial charge in [-0.2, -0.15) is 5.10 Å². The first-order valence-electron chi connectivity index (χ1n) is 8.03. The van der Waals surface area contributed by atoms with Gasteiger partial charge in [-0.05, 0) is 24.3 Å². The molecule has 1 aromatic heterocycles. The third kappa shape index (κ3) is 3.08. The van der Waals surface area contributed by atoms with Gasteiger partial charge in [0.05, 0.1) is 11.9 Å². The van der Waals surface area contributed by atoms with Crippen LogP contribution in [-0.2, 0) is 6.54 Å². The number of piperidine rings is 1. The number of aromatic amines is 1. The van der Waals surface area contributed by atoms with Gasteiger partial charge in [0.15, 0.2) is 0 Å². The monoisotopic (exact) mass is 298 g/mol. The Bertz CT molecular complexity index is 627. The molecule has 4 nitrogen and oxygen atoms in total. The molecule has 1 unspecified atom stereocenters. The molecule has 1 aliphatic rings. The number of aromatic nitrogens is 2. The second kappa shape index (κ2) is 5.86. The molecule has 0 saturated carbocycles. The fourth-order valence-corrected chi connectivity index (χ4v) is 3.26. The Morgan fingerprint density at radius 3 is 2.73 bits per heavy atom. The van der Waals surface area contributed by atoms with Gasteiger partial charge in [-0.25, -0.2) is 0 Å². The smallest absolute Gasteiger partial charge is 0.0695 e. The van der Waals surface area contributed by atoms with Crippen LogP contribution in [0.15, 0.2) is 30.5 Å². The fourth-order valence-electron chi connectivity index (χ4n) is 3.26. The van der Waals surface area contributed by atoms with Crippen molar-refractivity contribution in [2.75, 3.05) is 13.1 Å². The Morgan fingerprint density at radius 1 is 1.32 bits per heavy atom. The average molecular weight is 298 g/mol. The van der Waals surface area contributed by atoms with Crippen LogP contribution in [0.4, 0.5) is 0 Å². The van der Waals surface area contributed by atoms with Gasteiger partial charge in [0.1, 0.15) is 0 Å². The van der Waals surface area contributed by atoms with Gasteiger partial charge in [0.25, 0.3) is 0 Å². The number of nitrogens with two attached hydrogens (primary N) is 1. The van der Waals surface area contributed by atoms with Crippen molar-refractivity contribution in [3.8, 4) is 11.3 Å². The zero-order chi connectivity index (χ0) is 15.7. The fraction of sp³-hybridized carbons (Fsp3) is 0.500. The first-order valence-corrected chi connectivity index (χ1v) is 8.03. The summed E-state index contributed by atoms with van der Waals surface area (Å²) < 4.78 is 0. The molecule has 0 bridgehead atoms. The third-order valence-corrected chi connectivity index (χ3v) is 4.84. The first-order chi connectivity index (χ1) is 10.5. The van der Waals surface area contributed by atoms with Crippen molar-refractivity contribution in [1.29, 1.82) is 0 Å². The van der Waals surface area contributed by atoms with Crippen LogP contribution >= 0.6 is 0 Å². The molecule has 4 heteroatoms. The SMILES string of the molecule is Cc1ccc(-c2[nH]ncc2CN2CCC(N)C(C)(C)C2)cc1. The molecule has 0 radical (unpaired) electrons. The van der Waals surface area contributed by atoms with Crippen molar-refractivity contribution >= 4 is 0 Å². The number of nitrogens with one attached hydrogen (secondary N) is 1. The van der Waals surface area contributed by atoms with E-state index in [1.54, 1.807) is 0 Å². The molecular formula is C18H26N4. The summed E-state index contributed by atoms with van der Waals surface area (Å²) in [6.07, 6.45) is 3.02. The van der Waals surface area contributed by atoms with Gasteiger partial charge in [-0.3, -0.25) is 10.00 Å². The zero-order valence-electron chi connectivity index (χ0n) is 13.8. The van der Waals surface area contributed by atoms with E-state index in [9.17, 15) is 0 Å². The van der Waals surface area contributed by atoms with E-state index in [4.69, 9.17) is 5.73 Å². The van der Waals surface area contributed by atoms with Gasteiger partial charge >= 0.3 is 0 Å². The normalized spacial score (nSPS) is 21.9.